The third-order valence-electron chi connectivity index (χ3n) is 4.61. The monoisotopic (exact) mass is 502 g/mol. The molecule has 5 nitrogen and oxygen atoms in total. The Bertz CT molecular complexity index is 1260. The van der Waals surface area contributed by atoms with E-state index in [1.54, 1.807) is 30.3 Å². The number of rotatable bonds is 6. The van der Waals surface area contributed by atoms with E-state index in [2.05, 4.69) is 15.5 Å². The van der Waals surface area contributed by atoms with Crippen molar-refractivity contribution in [2.24, 2.45) is 0 Å². The van der Waals surface area contributed by atoms with Gasteiger partial charge in [-0.1, -0.05) is 52.6 Å². The zero-order chi connectivity index (χ0) is 22.7. The van der Waals surface area contributed by atoms with Crippen LogP contribution in [-0.4, -0.2) is 26.4 Å². The molecule has 0 aliphatic carbocycles. The van der Waals surface area contributed by atoms with Crippen LogP contribution in [0.15, 0.2) is 71.9 Å². The molecule has 0 saturated heterocycles. The molecule has 32 heavy (non-hydrogen) atoms. The van der Waals surface area contributed by atoms with Crippen LogP contribution in [0.3, 0.4) is 0 Å². The predicted molar refractivity (Wildman–Crippen MR) is 132 cm³/mol. The van der Waals surface area contributed by atoms with Crippen LogP contribution in [0.1, 0.15) is 5.56 Å². The van der Waals surface area contributed by atoms with Gasteiger partial charge in [0.1, 0.15) is 0 Å². The molecule has 0 aliphatic heterocycles. The molecule has 1 N–H and O–H groups in total. The number of nitrogens with one attached hydrogen (secondary N) is 1. The van der Waals surface area contributed by atoms with Gasteiger partial charge in [0.05, 0.1) is 5.75 Å². The molecule has 0 aliphatic rings. The number of amides is 1. The van der Waals surface area contributed by atoms with Crippen molar-refractivity contribution in [2.75, 3.05) is 11.1 Å². The van der Waals surface area contributed by atoms with Gasteiger partial charge in [0.25, 0.3) is 0 Å². The summed E-state index contributed by atoms with van der Waals surface area (Å²) < 4.78 is 1.89. The number of benzene rings is 3. The van der Waals surface area contributed by atoms with Crippen LogP contribution in [0.5, 0.6) is 0 Å². The van der Waals surface area contributed by atoms with Crippen molar-refractivity contribution in [3.8, 4) is 17.1 Å². The van der Waals surface area contributed by atoms with E-state index in [4.69, 9.17) is 34.8 Å². The van der Waals surface area contributed by atoms with Gasteiger partial charge in [0.2, 0.25) is 5.91 Å². The van der Waals surface area contributed by atoms with Crippen LogP contribution in [0.4, 0.5) is 5.69 Å². The lowest BCUT2D eigenvalue weighted by Crippen LogP contribution is -2.14. The lowest BCUT2D eigenvalue weighted by Gasteiger charge is -2.11. The fraction of sp³-hybridized carbons (Fsp3) is 0.0870. The van der Waals surface area contributed by atoms with E-state index in [-0.39, 0.29) is 11.7 Å². The average molecular weight is 504 g/mol. The standard InChI is InChI=1S/C23H17Cl3N4OS/c1-14-2-9-18(12-20(14)26)27-21(31)13-32-23-29-28-22(15-3-5-16(24)6-4-15)30(23)19-10-7-17(25)8-11-19/h2-12H,13H2,1H3,(H,27,31). The van der Waals surface area contributed by atoms with E-state index in [0.29, 0.717) is 31.7 Å². The van der Waals surface area contributed by atoms with Gasteiger partial charge >= 0.3 is 0 Å². The molecule has 0 saturated carbocycles. The van der Waals surface area contributed by atoms with Crippen molar-refractivity contribution in [2.45, 2.75) is 12.1 Å². The normalized spacial score (nSPS) is 10.9. The lowest BCUT2D eigenvalue weighted by atomic mass is 10.2. The number of hydrogen-bond acceptors (Lipinski definition) is 4. The Morgan fingerprint density at radius 3 is 2.25 bits per heavy atom. The van der Waals surface area contributed by atoms with E-state index >= 15 is 0 Å². The number of thioether (sulfide) groups is 1. The molecule has 0 atom stereocenters. The summed E-state index contributed by atoms with van der Waals surface area (Å²) in [5, 5.41) is 14.0. The second-order valence-corrected chi connectivity index (χ2v) is 9.15. The van der Waals surface area contributed by atoms with Crippen LogP contribution in [0.25, 0.3) is 17.1 Å². The second-order valence-electron chi connectivity index (χ2n) is 6.93. The zero-order valence-corrected chi connectivity index (χ0v) is 19.9. The third kappa shape index (κ3) is 5.27. The van der Waals surface area contributed by atoms with Gasteiger partial charge in [-0.2, -0.15) is 0 Å². The highest BCUT2D eigenvalue weighted by Crippen LogP contribution is 2.29. The lowest BCUT2D eigenvalue weighted by molar-refractivity contribution is -0.113. The largest absolute Gasteiger partial charge is 0.325 e. The van der Waals surface area contributed by atoms with Crippen molar-refractivity contribution in [3.63, 3.8) is 0 Å². The maximum atomic E-state index is 12.5. The minimum Gasteiger partial charge on any atom is -0.325 e. The van der Waals surface area contributed by atoms with Crippen LogP contribution in [-0.2, 0) is 4.79 Å². The third-order valence-corrected chi connectivity index (χ3v) is 6.45. The summed E-state index contributed by atoms with van der Waals surface area (Å²) >= 11 is 19.5. The first-order chi connectivity index (χ1) is 15.4. The van der Waals surface area contributed by atoms with Gasteiger partial charge in [-0.15, -0.1) is 10.2 Å². The summed E-state index contributed by atoms with van der Waals surface area (Å²) in [6.45, 7) is 1.91. The molecule has 9 heteroatoms. The molecule has 0 fully saturated rings. The Balaban J connectivity index is 1.59. The van der Waals surface area contributed by atoms with Gasteiger partial charge in [-0.05, 0) is 73.2 Å². The molecule has 1 amide bonds. The molecule has 0 radical (unpaired) electrons. The topological polar surface area (TPSA) is 59.8 Å². The molecule has 162 valence electrons. The molecule has 0 bridgehead atoms. The minimum absolute atomic E-state index is 0.151. The highest BCUT2D eigenvalue weighted by Gasteiger charge is 2.17. The maximum Gasteiger partial charge on any atom is 0.234 e. The molecule has 1 heterocycles. The number of anilines is 1. The van der Waals surface area contributed by atoms with Gasteiger partial charge in [-0.3, -0.25) is 9.36 Å². The molecule has 0 unspecified atom stereocenters. The quantitative estimate of drug-likeness (QED) is 0.290. The maximum absolute atomic E-state index is 12.5. The fourth-order valence-electron chi connectivity index (χ4n) is 2.97. The molecule has 0 spiro atoms. The molecule has 4 rings (SSSR count). The van der Waals surface area contributed by atoms with Crippen molar-refractivity contribution in [1.29, 1.82) is 0 Å². The van der Waals surface area contributed by atoms with Gasteiger partial charge in [0.15, 0.2) is 11.0 Å². The summed E-state index contributed by atoms with van der Waals surface area (Å²) in [5.41, 5.74) is 3.28. The molecule has 1 aromatic heterocycles. The Morgan fingerprint density at radius 1 is 0.938 bits per heavy atom. The van der Waals surface area contributed by atoms with Gasteiger partial charge < -0.3 is 5.32 Å². The van der Waals surface area contributed by atoms with E-state index in [1.807, 2.05) is 47.9 Å². The summed E-state index contributed by atoms with van der Waals surface area (Å²) in [6, 6.07) is 20.1. The SMILES string of the molecule is Cc1ccc(NC(=O)CSc2nnc(-c3ccc(Cl)cc3)n2-c2ccc(Cl)cc2)cc1Cl. The first-order valence-corrected chi connectivity index (χ1v) is 11.7. The van der Waals surface area contributed by atoms with Crippen LogP contribution in [0.2, 0.25) is 15.1 Å². The van der Waals surface area contributed by atoms with Crippen molar-refractivity contribution < 1.29 is 4.79 Å². The summed E-state index contributed by atoms with van der Waals surface area (Å²) in [6.07, 6.45) is 0. The smallest absolute Gasteiger partial charge is 0.234 e. The van der Waals surface area contributed by atoms with E-state index in [9.17, 15) is 4.79 Å². The number of halogens is 3. The van der Waals surface area contributed by atoms with Gasteiger partial charge in [0, 0.05) is 32.0 Å². The number of aromatic nitrogens is 3. The number of carbonyl (C=O) groups excluding carboxylic acids is 1. The Labute approximate surface area is 204 Å². The Morgan fingerprint density at radius 2 is 1.59 bits per heavy atom. The van der Waals surface area contributed by atoms with E-state index < -0.39 is 0 Å². The second kappa shape index (κ2) is 9.96. The Hall–Kier alpha value is -2.51. The predicted octanol–water partition coefficient (Wildman–Crippen LogP) is 6.93. The minimum atomic E-state index is -0.173. The average Bonchev–Trinajstić information content (AvgIpc) is 3.20. The number of hydrogen-bond donors (Lipinski definition) is 1. The van der Waals surface area contributed by atoms with Gasteiger partial charge in [-0.25, -0.2) is 0 Å². The zero-order valence-electron chi connectivity index (χ0n) is 16.8. The van der Waals surface area contributed by atoms with Crippen molar-refractivity contribution in [3.05, 3.63) is 87.4 Å². The summed E-state index contributed by atoms with van der Waals surface area (Å²) in [7, 11) is 0. The Kier molecular flexibility index (Phi) is 7.06. The highest BCUT2D eigenvalue weighted by molar-refractivity contribution is 7.99. The first kappa shape index (κ1) is 22.7. The number of aryl methyl sites for hydroxylation is 1. The molecule has 4 aromatic rings. The van der Waals surface area contributed by atoms with Crippen LogP contribution in [0, 0.1) is 6.92 Å². The van der Waals surface area contributed by atoms with Crippen molar-refractivity contribution >= 4 is 58.2 Å². The number of carbonyl (C=O) groups is 1. The fourth-order valence-corrected chi connectivity index (χ4v) is 4.15. The van der Waals surface area contributed by atoms with Crippen molar-refractivity contribution in [1.82, 2.24) is 14.8 Å². The first-order valence-electron chi connectivity index (χ1n) is 9.57. The molecular formula is C23H17Cl3N4OS. The van der Waals surface area contributed by atoms with Crippen LogP contribution < -0.4 is 5.32 Å². The summed E-state index contributed by atoms with van der Waals surface area (Å²) in [4.78, 5) is 12.5. The summed E-state index contributed by atoms with van der Waals surface area (Å²) in [5.74, 6) is 0.614. The van der Waals surface area contributed by atoms with Crippen LogP contribution >= 0.6 is 46.6 Å². The number of nitrogens with zero attached hydrogens (tertiary/aromatic N) is 3. The van der Waals surface area contributed by atoms with E-state index in [1.165, 1.54) is 11.8 Å². The molecular weight excluding hydrogens is 487 g/mol. The highest BCUT2D eigenvalue weighted by atomic mass is 35.5. The molecule has 3 aromatic carbocycles. The van der Waals surface area contributed by atoms with E-state index in [0.717, 1.165) is 16.8 Å².